The first kappa shape index (κ1) is 37.7. The van der Waals surface area contributed by atoms with Gasteiger partial charge in [-0.1, -0.05) is 99.3 Å². The van der Waals surface area contributed by atoms with Gasteiger partial charge in [0.25, 0.3) is 5.91 Å². The van der Waals surface area contributed by atoms with Gasteiger partial charge in [0, 0.05) is 13.2 Å². The predicted octanol–water partition coefficient (Wildman–Crippen LogP) is 4.79. The highest BCUT2D eigenvalue weighted by Crippen LogP contribution is 2.28. The van der Waals surface area contributed by atoms with Crippen molar-refractivity contribution in [3.05, 3.63) is 0 Å². The van der Waals surface area contributed by atoms with Gasteiger partial charge in [-0.25, -0.2) is 0 Å². The summed E-state index contributed by atoms with van der Waals surface area (Å²) in [5, 5.41) is 42.9. The Bertz CT molecular complexity index is 653. The van der Waals surface area contributed by atoms with E-state index in [-0.39, 0.29) is 19.4 Å². The monoisotopic (exact) mass is 561 g/mol. The summed E-state index contributed by atoms with van der Waals surface area (Å²) in [7, 11) is 0. The summed E-state index contributed by atoms with van der Waals surface area (Å²) in [5.74, 6) is -1.83. The molecule has 5 N–H and O–H groups in total. The van der Waals surface area contributed by atoms with Crippen LogP contribution in [0.15, 0.2) is 0 Å². The van der Waals surface area contributed by atoms with Crippen molar-refractivity contribution >= 4 is 11.9 Å². The van der Waals surface area contributed by atoms with Gasteiger partial charge < -0.3 is 35.2 Å². The van der Waals surface area contributed by atoms with Gasteiger partial charge in [-0.2, -0.15) is 0 Å². The van der Waals surface area contributed by atoms with E-state index in [1.165, 1.54) is 44.9 Å². The van der Waals surface area contributed by atoms with Crippen LogP contribution in [0.25, 0.3) is 0 Å². The van der Waals surface area contributed by atoms with Crippen LogP contribution in [0.5, 0.6) is 0 Å². The van der Waals surface area contributed by atoms with Crippen LogP contribution in [0.3, 0.4) is 0 Å². The third-order valence-electron chi connectivity index (χ3n) is 7.09. The molecule has 9 nitrogen and oxygen atoms in total. The lowest BCUT2D eigenvalue weighted by atomic mass is 9.82. The lowest BCUT2D eigenvalue weighted by Gasteiger charge is -2.39. The smallest absolute Gasteiger partial charge is 0.306 e. The number of rotatable bonds is 20. The van der Waals surface area contributed by atoms with E-state index in [2.05, 4.69) is 12.2 Å². The molecule has 1 aliphatic heterocycles. The highest BCUT2D eigenvalue weighted by atomic mass is 16.7. The van der Waals surface area contributed by atoms with Crippen molar-refractivity contribution in [2.45, 2.75) is 156 Å². The molecule has 39 heavy (non-hydrogen) atoms. The molecule has 1 aliphatic rings. The van der Waals surface area contributed by atoms with Gasteiger partial charge in [-0.3, -0.25) is 9.59 Å². The molecular weight excluding hydrogens is 502 g/mol. The van der Waals surface area contributed by atoms with Crippen molar-refractivity contribution in [1.29, 1.82) is 0 Å². The Hall–Kier alpha value is -1.26. The van der Waals surface area contributed by atoms with Crippen LogP contribution in [-0.4, -0.2) is 76.2 Å². The highest BCUT2D eigenvalue weighted by molar-refractivity contribution is 5.81. The minimum Gasteiger partial charge on any atom is -0.481 e. The molecule has 0 aliphatic carbocycles. The van der Waals surface area contributed by atoms with Crippen LogP contribution in [0.1, 0.15) is 125 Å². The molecule has 1 rings (SSSR count). The lowest BCUT2D eigenvalue weighted by Crippen LogP contribution is -2.62. The van der Waals surface area contributed by atoms with Gasteiger partial charge in [0.1, 0.15) is 18.3 Å². The molecule has 0 saturated carbocycles. The van der Waals surface area contributed by atoms with Crippen molar-refractivity contribution < 1.29 is 39.5 Å². The lowest BCUT2D eigenvalue weighted by molar-refractivity contribution is -0.290. The number of carbonyl (C=O) groups is 2. The number of ether oxygens (including phenoxy) is 2. The fourth-order valence-electron chi connectivity index (χ4n) is 4.87. The van der Waals surface area contributed by atoms with Crippen LogP contribution in [0, 0.1) is 11.3 Å². The molecule has 0 aromatic rings. The minimum absolute atomic E-state index is 0. The second kappa shape index (κ2) is 20.6. The molecule has 1 fully saturated rings. The SMILES string of the molecule is C.CCCCCCCCCCCCO[C@@H]1O[C@H](C(=O)NCCCC[C@H](CC(C)(C)C)C(=O)O)[C@@H](O)[C@H](O)[C@H]1O. The minimum atomic E-state index is -1.58. The number of aliphatic hydroxyl groups excluding tert-OH is 3. The summed E-state index contributed by atoms with van der Waals surface area (Å²) in [6, 6.07) is 0. The first-order chi connectivity index (χ1) is 18.0. The van der Waals surface area contributed by atoms with Gasteiger partial charge in [0.2, 0.25) is 0 Å². The Labute approximate surface area is 237 Å². The van der Waals surface area contributed by atoms with E-state index >= 15 is 0 Å². The van der Waals surface area contributed by atoms with Crippen molar-refractivity contribution in [2.75, 3.05) is 13.2 Å². The highest BCUT2D eigenvalue weighted by Gasteiger charge is 2.47. The number of carboxylic acids is 1. The van der Waals surface area contributed by atoms with Crippen LogP contribution in [0.2, 0.25) is 0 Å². The molecule has 0 radical (unpaired) electrons. The topological polar surface area (TPSA) is 146 Å². The van der Waals surface area contributed by atoms with Gasteiger partial charge >= 0.3 is 5.97 Å². The third kappa shape index (κ3) is 15.9. The molecule has 0 aromatic carbocycles. The number of carboxylic acid groups (broad SMARTS) is 1. The van der Waals surface area contributed by atoms with Crippen LogP contribution in [-0.2, 0) is 19.1 Å². The molecule has 1 heterocycles. The molecule has 0 aromatic heterocycles. The zero-order valence-electron chi connectivity index (χ0n) is 24.2. The average Bonchev–Trinajstić information content (AvgIpc) is 2.85. The normalized spacial score (nSPS) is 24.1. The summed E-state index contributed by atoms with van der Waals surface area (Å²) in [6.07, 6.45) is 6.95. The maximum Gasteiger partial charge on any atom is 0.306 e. The van der Waals surface area contributed by atoms with E-state index in [4.69, 9.17) is 9.47 Å². The van der Waals surface area contributed by atoms with Crippen molar-refractivity contribution in [2.24, 2.45) is 11.3 Å². The fourth-order valence-corrected chi connectivity index (χ4v) is 4.87. The summed E-state index contributed by atoms with van der Waals surface area (Å²) in [4.78, 5) is 24.1. The van der Waals surface area contributed by atoms with Crippen molar-refractivity contribution in [3.8, 4) is 0 Å². The molecule has 0 spiro atoms. The summed E-state index contributed by atoms with van der Waals surface area (Å²) in [6.45, 7) is 8.87. The zero-order chi connectivity index (χ0) is 28.6. The molecule has 0 unspecified atom stereocenters. The number of unbranched alkanes of at least 4 members (excludes halogenated alkanes) is 10. The quantitative estimate of drug-likeness (QED) is 0.133. The fraction of sp³-hybridized carbons (Fsp3) is 0.933. The maximum absolute atomic E-state index is 12.6. The van der Waals surface area contributed by atoms with E-state index in [0.717, 1.165) is 19.3 Å². The summed E-state index contributed by atoms with van der Waals surface area (Å²) >= 11 is 0. The van der Waals surface area contributed by atoms with Crippen molar-refractivity contribution in [1.82, 2.24) is 5.32 Å². The molecular formula is C30H59NO8. The van der Waals surface area contributed by atoms with Crippen LogP contribution >= 0.6 is 0 Å². The number of hydrogen-bond acceptors (Lipinski definition) is 7. The summed E-state index contributed by atoms with van der Waals surface area (Å²) in [5.41, 5.74) is -0.0801. The van der Waals surface area contributed by atoms with Gasteiger partial charge in [0.05, 0.1) is 5.92 Å². The number of amides is 1. The molecule has 1 amide bonds. The number of carbonyl (C=O) groups excluding carboxylic acids is 1. The largest absolute Gasteiger partial charge is 0.481 e. The van der Waals surface area contributed by atoms with Crippen LogP contribution in [0.4, 0.5) is 0 Å². The van der Waals surface area contributed by atoms with E-state index in [9.17, 15) is 30.0 Å². The summed E-state index contributed by atoms with van der Waals surface area (Å²) < 4.78 is 11.2. The number of aliphatic hydroxyl groups is 3. The molecule has 1 saturated heterocycles. The number of nitrogens with one attached hydrogen (secondary N) is 1. The predicted molar refractivity (Wildman–Crippen MR) is 153 cm³/mol. The molecule has 0 bridgehead atoms. The molecule has 232 valence electrons. The second-order valence-electron chi connectivity index (χ2n) is 12.0. The van der Waals surface area contributed by atoms with E-state index < -0.39 is 48.5 Å². The van der Waals surface area contributed by atoms with Gasteiger partial charge in [0.15, 0.2) is 12.4 Å². The Morgan fingerprint density at radius 3 is 1.95 bits per heavy atom. The average molecular weight is 562 g/mol. The van der Waals surface area contributed by atoms with E-state index in [1.807, 2.05) is 20.8 Å². The first-order valence-corrected chi connectivity index (χ1v) is 14.8. The van der Waals surface area contributed by atoms with Gasteiger partial charge in [-0.05, 0) is 31.1 Å². The number of aliphatic carboxylic acids is 1. The molecule has 9 heteroatoms. The first-order valence-electron chi connectivity index (χ1n) is 14.8. The number of hydrogen-bond donors (Lipinski definition) is 5. The Morgan fingerprint density at radius 1 is 0.846 bits per heavy atom. The Balaban J connectivity index is 0.0000144. The second-order valence-corrected chi connectivity index (χ2v) is 12.0. The standard InChI is InChI=1S/C29H55NO8.CH4/c1-5-6-7-8-9-10-11-12-13-16-19-37-28-24(33)22(31)23(32)25(38-28)26(34)30-18-15-14-17-21(27(35)36)20-29(2,3)4;/h21-25,28,31-33H,5-20H2,1-4H3,(H,30,34)(H,35,36);1H4/t21-,22+,23+,24-,25+,28-;/m1./s1. The maximum atomic E-state index is 12.6. The van der Waals surface area contributed by atoms with Gasteiger partial charge in [-0.15, -0.1) is 0 Å². The van der Waals surface area contributed by atoms with E-state index in [0.29, 0.717) is 32.3 Å². The van der Waals surface area contributed by atoms with Crippen LogP contribution < -0.4 is 5.32 Å². The van der Waals surface area contributed by atoms with Crippen molar-refractivity contribution in [3.63, 3.8) is 0 Å². The Morgan fingerprint density at radius 2 is 1.41 bits per heavy atom. The third-order valence-corrected chi connectivity index (χ3v) is 7.09. The molecule has 6 atom stereocenters. The van der Waals surface area contributed by atoms with E-state index in [1.54, 1.807) is 0 Å². The zero-order valence-corrected chi connectivity index (χ0v) is 24.2. The Kier molecular flexibility index (Phi) is 19.9.